The van der Waals surface area contributed by atoms with Crippen molar-refractivity contribution in [1.82, 2.24) is 4.98 Å². The molecule has 0 radical (unpaired) electrons. The van der Waals surface area contributed by atoms with Crippen molar-refractivity contribution in [1.29, 1.82) is 0 Å². The van der Waals surface area contributed by atoms with Crippen molar-refractivity contribution in [2.75, 3.05) is 20.0 Å². The minimum atomic E-state index is -1.13. The van der Waals surface area contributed by atoms with Crippen LogP contribution >= 0.6 is 23.2 Å². The summed E-state index contributed by atoms with van der Waals surface area (Å²) < 4.78 is 44.3. The molecule has 0 unspecified atom stereocenters. The molecule has 0 bridgehead atoms. The highest BCUT2D eigenvalue weighted by molar-refractivity contribution is 6.36. The van der Waals surface area contributed by atoms with Crippen molar-refractivity contribution in [3.8, 4) is 17.0 Å². The number of methoxy groups -OCH3 is 2. The van der Waals surface area contributed by atoms with E-state index in [1.807, 2.05) is 0 Å². The summed E-state index contributed by atoms with van der Waals surface area (Å²) in [6, 6.07) is 8.52. The number of nitrogen functional groups attached to an aromatic ring is 1. The quantitative estimate of drug-likeness (QED) is 0.475. The minimum absolute atomic E-state index is 0.0426. The maximum Gasteiger partial charge on any atom is 0.358 e. The number of halogens is 4. The Morgan fingerprint density at radius 1 is 1.00 bits per heavy atom. The molecular weight excluding hydrogens is 481 g/mol. The molecular formula is C22H16Cl2F2N2O5. The molecule has 33 heavy (non-hydrogen) atoms. The number of carbonyl (C=O) groups is 2. The Morgan fingerprint density at radius 2 is 1.67 bits per heavy atom. The number of esters is 2. The van der Waals surface area contributed by atoms with Gasteiger partial charge in [-0.25, -0.2) is 23.4 Å². The van der Waals surface area contributed by atoms with Gasteiger partial charge >= 0.3 is 11.9 Å². The largest absolute Gasteiger partial charge is 0.492 e. The third-order valence-electron chi connectivity index (χ3n) is 4.56. The van der Waals surface area contributed by atoms with Gasteiger partial charge in [0.05, 0.1) is 35.5 Å². The van der Waals surface area contributed by atoms with Crippen molar-refractivity contribution in [3.05, 3.63) is 74.9 Å². The Bertz CT molecular complexity index is 1240. The molecule has 11 heteroatoms. The molecule has 0 saturated carbocycles. The highest BCUT2D eigenvalue weighted by Gasteiger charge is 2.26. The fourth-order valence-corrected chi connectivity index (χ4v) is 3.28. The van der Waals surface area contributed by atoms with E-state index >= 15 is 0 Å². The van der Waals surface area contributed by atoms with Crippen LogP contribution in [-0.2, 0) is 16.1 Å². The van der Waals surface area contributed by atoms with E-state index in [9.17, 15) is 18.4 Å². The van der Waals surface area contributed by atoms with Crippen molar-refractivity contribution >= 4 is 40.8 Å². The number of ether oxygens (including phenoxy) is 3. The van der Waals surface area contributed by atoms with Gasteiger partial charge in [-0.1, -0.05) is 35.3 Å². The van der Waals surface area contributed by atoms with Crippen molar-refractivity contribution in [2.45, 2.75) is 6.61 Å². The zero-order valence-corrected chi connectivity index (χ0v) is 18.8. The van der Waals surface area contributed by atoms with Gasteiger partial charge in [-0.15, -0.1) is 0 Å². The van der Waals surface area contributed by atoms with Crippen LogP contribution in [0.25, 0.3) is 11.3 Å². The number of pyridine rings is 1. The first kappa shape index (κ1) is 24.2. The fraction of sp³-hybridized carbons (Fsp3) is 0.136. The van der Waals surface area contributed by atoms with Gasteiger partial charge in [0.2, 0.25) is 0 Å². The number of benzene rings is 2. The van der Waals surface area contributed by atoms with Crippen LogP contribution in [0.5, 0.6) is 5.75 Å². The molecule has 2 aromatic carbocycles. The van der Waals surface area contributed by atoms with Gasteiger partial charge < -0.3 is 19.9 Å². The van der Waals surface area contributed by atoms with E-state index in [0.717, 1.165) is 6.07 Å². The summed E-state index contributed by atoms with van der Waals surface area (Å²) >= 11 is 11.9. The summed E-state index contributed by atoms with van der Waals surface area (Å²) in [4.78, 5) is 28.0. The molecule has 1 heterocycles. The Labute approximate surface area is 197 Å². The third kappa shape index (κ3) is 4.84. The van der Waals surface area contributed by atoms with Gasteiger partial charge in [0.15, 0.2) is 23.1 Å². The van der Waals surface area contributed by atoms with E-state index in [0.29, 0.717) is 11.1 Å². The molecule has 2 N–H and O–H groups in total. The standard InChI is InChI=1S/C22H16Cl2F2N2O5/c1-31-20-13(23)8-7-12(15(20)25)18-16(26)17(27)14(24)19(28-18)22(30)33-9-10-3-5-11(6-4-10)21(29)32-2/h3-8H,9H2,1-2H3,(H2,27,28). The molecule has 0 saturated heterocycles. The monoisotopic (exact) mass is 496 g/mol. The summed E-state index contributed by atoms with van der Waals surface area (Å²) in [5.41, 5.74) is 4.52. The van der Waals surface area contributed by atoms with Crippen LogP contribution in [0.15, 0.2) is 36.4 Å². The Morgan fingerprint density at radius 3 is 2.27 bits per heavy atom. The highest BCUT2D eigenvalue weighted by Crippen LogP contribution is 2.38. The summed E-state index contributed by atoms with van der Waals surface area (Å²) in [7, 11) is 2.44. The summed E-state index contributed by atoms with van der Waals surface area (Å²) in [5.74, 6) is -3.99. The van der Waals surface area contributed by atoms with E-state index in [-0.39, 0.29) is 22.9 Å². The van der Waals surface area contributed by atoms with Gasteiger partial charge in [-0.2, -0.15) is 0 Å². The Kier molecular flexibility index (Phi) is 7.35. The second-order valence-electron chi connectivity index (χ2n) is 6.56. The van der Waals surface area contributed by atoms with Gasteiger partial charge in [-0.05, 0) is 29.8 Å². The van der Waals surface area contributed by atoms with Crippen LogP contribution in [0.4, 0.5) is 14.5 Å². The van der Waals surface area contributed by atoms with Gasteiger partial charge in [0.1, 0.15) is 12.3 Å². The first-order valence-electron chi connectivity index (χ1n) is 9.20. The summed E-state index contributed by atoms with van der Waals surface area (Å²) in [5, 5.41) is -0.525. The van der Waals surface area contributed by atoms with Crippen LogP contribution in [-0.4, -0.2) is 31.1 Å². The smallest absolute Gasteiger partial charge is 0.358 e. The normalized spacial score (nSPS) is 10.6. The molecule has 7 nitrogen and oxygen atoms in total. The molecule has 0 spiro atoms. The maximum absolute atomic E-state index is 14.8. The Hall–Kier alpha value is -3.43. The van der Waals surface area contributed by atoms with Crippen LogP contribution in [0, 0.1) is 11.6 Å². The average Bonchev–Trinajstić information content (AvgIpc) is 2.82. The van der Waals surface area contributed by atoms with E-state index in [4.69, 9.17) is 38.4 Å². The molecule has 3 aromatic rings. The van der Waals surface area contributed by atoms with Crippen LogP contribution in [0.3, 0.4) is 0 Å². The average molecular weight is 497 g/mol. The van der Waals surface area contributed by atoms with E-state index in [1.54, 1.807) is 12.1 Å². The fourth-order valence-electron chi connectivity index (χ4n) is 2.85. The van der Waals surface area contributed by atoms with E-state index in [2.05, 4.69) is 9.72 Å². The first-order chi connectivity index (χ1) is 15.7. The number of rotatable bonds is 6. The lowest BCUT2D eigenvalue weighted by Crippen LogP contribution is -2.12. The van der Waals surface area contributed by atoms with Gasteiger partial charge in [0, 0.05) is 5.56 Å². The van der Waals surface area contributed by atoms with E-state index < -0.39 is 45.7 Å². The SMILES string of the molecule is COC(=O)c1ccc(COC(=O)c2nc(-c3ccc(Cl)c(OC)c3F)c(F)c(N)c2Cl)cc1. The summed E-state index contributed by atoms with van der Waals surface area (Å²) in [6.45, 7) is -0.214. The number of anilines is 1. The molecule has 0 aliphatic rings. The number of hydrogen-bond donors (Lipinski definition) is 1. The molecule has 172 valence electrons. The van der Waals surface area contributed by atoms with E-state index in [1.165, 1.54) is 32.4 Å². The number of nitrogens with two attached hydrogens (primary N) is 1. The third-order valence-corrected chi connectivity index (χ3v) is 5.24. The molecule has 3 rings (SSSR count). The number of hydrogen-bond acceptors (Lipinski definition) is 7. The first-order valence-corrected chi connectivity index (χ1v) is 9.96. The molecule has 0 aliphatic heterocycles. The molecule has 0 atom stereocenters. The molecule has 0 fully saturated rings. The zero-order valence-electron chi connectivity index (χ0n) is 17.2. The van der Waals surface area contributed by atoms with Crippen LogP contribution in [0.1, 0.15) is 26.4 Å². The Balaban J connectivity index is 1.92. The maximum atomic E-state index is 14.8. The second kappa shape index (κ2) is 10.0. The number of aromatic nitrogens is 1. The summed E-state index contributed by atoms with van der Waals surface area (Å²) in [6.07, 6.45) is 0. The predicted molar refractivity (Wildman–Crippen MR) is 117 cm³/mol. The minimum Gasteiger partial charge on any atom is -0.492 e. The van der Waals surface area contributed by atoms with Gasteiger partial charge in [0.25, 0.3) is 0 Å². The second-order valence-corrected chi connectivity index (χ2v) is 7.34. The lowest BCUT2D eigenvalue weighted by molar-refractivity contribution is 0.0465. The number of carbonyl (C=O) groups excluding carboxylic acids is 2. The van der Waals surface area contributed by atoms with Crippen molar-refractivity contribution in [2.24, 2.45) is 0 Å². The predicted octanol–water partition coefficient (Wildman–Crippen LogP) is 5.07. The van der Waals surface area contributed by atoms with Crippen LogP contribution in [0.2, 0.25) is 10.0 Å². The van der Waals surface area contributed by atoms with Crippen molar-refractivity contribution < 1.29 is 32.6 Å². The highest BCUT2D eigenvalue weighted by atomic mass is 35.5. The topological polar surface area (TPSA) is 101 Å². The molecule has 0 aliphatic carbocycles. The molecule has 1 aromatic heterocycles. The lowest BCUT2D eigenvalue weighted by atomic mass is 10.1. The van der Waals surface area contributed by atoms with Gasteiger partial charge in [-0.3, -0.25) is 0 Å². The lowest BCUT2D eigenvalue weighted by Gasteiger charge is -2.13. The number of nitrogens with zero attached hydrogens (tertiary/aromatic N) is 1. The zero-order chi connectivity index (χ0) is 24.3. The molecule has 0 amide bonds. The van der Waals surface area contributed by atoms with Crippen molar-refractivity contribution in [3.63, 3.8) is 0 Å². The van der Waals surface area contributed by atoms with Crippen LogP contribution < -0.4 is 10.5 Å².